The summed E-state index contributed by atoms with van der Waals surface area (Å²) in [7, 11) is 0. The van der Waals surface area contributed by atoms with Gasteiger partial charge >= 0.3 is 5.97 Å². The summed E-state index contributed by atoms with van der Waals surface area (Å²) in [5, 5.41) is 14.1. The van der Waals surface area contributed by atoms with Crippen molar-refractivity contribution < 1.29 is 14.7 Å². The van der Waals surface area contributed by atoms with Gasteiger partial charge in [-0.2, -0.15) is 12.6 Å². The summed E-state index contributed by atoms with van der Waals surface area (Å²) in [6.07, 6.45) is 0. The number of carbonyl (C=O) groups excluding carboxylic acids is 1. The summed E-state index contributed by atoms with van der Waals surface area (Å²) >= 11 is 4.11. The number of hydrogen-bond donors (Lipinski definition) is 3. The minimum absolute atomic E-state index is 0.109. The molecule has 3 aromatic carbocycles. The van der Waals surface area contributed by atoms with Crippen molar-refractivity contribution in [3.8, 4) is 0 Å². The molecule has 5 heteroatoms. The number of ketones is 1. The maximum absolute atomic E-state index is 12.9. The number of carbonyl (C=O) groups is 2. The van der Waals surface area contributed by atoms with Gasteiger partial charge in [0.15, 0.2) is 5.78 Å². The summed E-state index contributed by atoms with van der Waals surface area (Å²) < 4.78 is 0. The Bertz CT molecular complexity index is 925. The van der Waals surface area contributed by atoms with Gasteiger partial charge in [0.2, 0.25) is 0 Å². The fourth-order valence-electron chi connectivity index (χ4n) is 2.72. The second-order valence-electron chi connectivity index (χ2n) is 5.62. The Labute approximate surface area is 150 Å². The summed E-state index contributed by atoms with van der Waals surface area (Å²) in [5.74, 6) is -1.06. The highest BCUT2D eigenvalue weighted by Crippen LogP contribution is 2.30. The van der Waals surface area contributed by atoms with Crippen LogP contribution in [0.3, 0.4) is 0 Å². The monoisotopic (exact) mass is 351 g/mol. The average Bonchev–Trinajstić information content (AvgIpc) is 2.65. The number of carboxylic acid groups (broad SMARTS) is 1. The highest BCUT2D eigenvalue weighted by Gasteiger charge is 2.21. The zero-order valence-electron chi connectivity index (χ0n) is 13.3. The van der Waals surface area contributed by atoms with Crippen molar-refractivity contribution in [2.24, 2.45) is 0 Å². The number of benzene rings is 3. The third-order valence-corrected chi connectivity index (χ3v) is 4.37. The van der Waals surface area contributed by atoms with Crippen LogP contribution in [0.25, 0.3) is 10.8 Å². The fourth-order valence-corrected chi connectivity index (χ4v) is 2.97. The maximum atomic E-state index is 12.9. The van der Waals surface area contributed by atoms with E-state index in [1.54, 1.807) is 30.3 Å². The normalized spacial score (nSPS) is 11.9. The summed E-state index contributed by atoms with van der Waals surface area (Å²) in [5.41, 5.74) is 1.52. The average molecular weight is 351 g/mol. The van der Waals surface area contributed by atoms with E-state index in [1.807, 2.05) is 36.4 Å². The number of nitrogens with one attached hydrogen (secondary N) is 1. The zero-order valence-corrected chi connectivity index (χ0v) is 14.2. The molecule has 0 aliphatic carbocycles. The van der Waals surface area contributed by atoms with E-state index < -0.39 is 12.0 Å². The summed E-state index contributed by atoms with van der Waals surface area (Å²) in [6.45, 7) is 0. The Morgan fingerprint density at radius 1 is 0.960 bits per heavy atom. The van der Waals surface area contributed by atoms with Crippen molar-refractivity contribution in [1.82, 2.24) is 0 Å². The zero-order chi connectivity index (χ0) is 17.8. The van der Waals surface area contributed by atoms with Gasteiger partial charge in [-0.1, -0.05) is 60.7 Å². The number of hydrogen-bond acceptors (Lipinski definition) is 4. The molecule has 0 aromatic heterocycles. The molecule has 3 rings (SSSR count). The predicted octanol–water partition coefficient (Wildman–Crippen LogP) is 3.87. The van der Waals surface area contributed by atoms with Crippen molar-refractivity contribution in [3.63, 3.8) is 0 Å². The quantitative estimate of drug-likeness (QED) is 0.466. The molecule has 126 valence electrons. The van der Waals surface area contributed by atoms with Crippen molar-refractivity contribution in [1.29, 1.82) is 0 Å². The van der Waals surface area contributed by atoms with Crippen LogP contribution in [0.4, 0.5) is 5.69 Å². The van der Waals surface area contributed by atoms with Gasteiger partial charge in [0.25, 0.3) is 0 Å². The number of carboxylic acids is 1. The van der Waals surface area contributed by atoms with Gasteiger partial charge in [-0.3, -0.25) is 4.79 Å². The molecule has 0 saturated heterocycles. The van der Waals surface area contributed by atoms with Gasteiger partial charge in [0.05, 0.1) is 5.69 Å². The predicted molar refractivity (Wildman–Crippen MR) is 103 cm³/mol. The van der Waals surface area contributed by atoms with E-state index >= 15 is 0 Å². The summed E-state index contributed by atoms with van der Waals surface area (Å²) in [4.78, 5) is 24.4. The van der Waals surface area contributed by atoms with Crippen molar-refractivity contribution >= 4 is 40.8 Å². The number of anilines is 1. The Morgan fingerprint density at radius 2 is 1.64 bits per heavy atom. The van der Waals surface area contributed by atoms with Crippen LogP contribution >= 0.6 is 12.6 Å². The first kappa shape index (κ1) is 17.0. The van der Waals surface area contributed by atoms with Crippen LogP contribution in [-0.2, 0) is 4.79 Å². The molecule has 0 radical (unpaired) electrons. The fraction of sp³-hybridized carbons (Fsp3) is 0.100. The van der Waals surface area contributed by atoms with Crippen LogP contribution in [-0.4, -0.2) is 28.7 Å². The van der Waals surface area contributed by atoms with Crippen molar-refractivity contribution in [2.45, 2.75) is 6.04 Å². The smallest absolute Gasteiger partial charge is 0.326 e. The molecule has 0 heterocycles. The largest absolute Gasteiger partial charge is 0.480 e. The van der Waals surface area contributed by atoms with E-state index in [4.69, 9.17) is 0 Å². The molecule has 0 fully saturated rings. The maximum Gasteiger partial charge on any atom is 0.326 e. The molecule has 1 atom stereocenters. The molecule has 4 nitrogen and oxygen atoms in total. The lowest BCUT2D eigenvalue weighted by atomic mass is 9.97. The van der Waals surface area contributed by atoms with Gasteiger partial charge in [0, 0.05) is 22.3 Å². The molecule has 0 bridgehead atoms. The van der Waals surface area contributed by atoms with Crippen LogP contribution in [0, 0.1) is 0 Å². The van der Waals surface area contributed by atoms with Gasteiger partial charge < -0.3 is 10.4 Å². The Hall–Kier alpha value is -2.79. The minimum Gasteiger partial charge on any atom is -0.480 e. The lowest BCUT2D eigenvalue weighted by Crippen LogP contribution is -2.31. The first-order chi connectivity index (χ1) is 12.1. The van der Waals surface area contributed by atoms with Gasteiger partial charge in [-0.05, 0) is 11.5 Å². The van der Waals surface area contributed by atoms with Crippen LogP contribution in [0.15, 0.2) is 66.7 Å². The number of fused-ring (bicyclic) bond motifs is 1. The Balaban J connectivity index is 2.16. The molecule has 0 spiro atoms. The van der Waals surface area contributed by atoms with Crippen LogP contribution in [0.2, 0.25) is 0 Å². The summed E-state index contributed by atoms with van der Waals surface area (Å²) in [6, 6.07) is 19.2. The topological polar surface area (TPSA) is 66.4 Å². The Kier molecular flexibility index (Phi) is 5.05. The third kappa shape index (κ3) is 3.51. The van der Waals surface area contributed by atoms with E-state index in [1.165, 1.54) is 0 Å². The van der Waals surface area contributed by atoms with E-state index in [2.05, 4.69) is 17.9 Å². The SMILES string of the molecule is O=C(c1ccccc1)c1ccc2ccccc2c1NC(CS)C(=O)O. The highest BCUT2D eigenvalue weighted by molar-refractivity contribution is 7.80. The van der Waals surface area contributed by atoms with E-state index in [-0.39, 0.29) is 11.5 Å². The first-order valence-corrected chi connectivity index (χ1v) is 8.46. The molecule has 3 aromatic rings. The van der Waals surface area contributed by atoms with Crippen molar-refractivity contribution in [3.05, 3.63) is 77.9 Å². The van der Waals surface area contributed by atoms with Crippen LogP contribution in [0.5, 0.6) is 0 Å². The van der Waals surface area contributed by atoms with Crippen LogP contribution in [0.1, 0.15) is 15.9 Å². The molecular weight excluding hydrogens is 334 g/mol. The highest BCUT2D eigenvalue weighted by atomic mass is 32.1. The van der Waals surface area contributed by atoms with E-state index in [0.29, 0.717) is 16.8 Å². The van der Waals surface area contributed by atoms with Crippen molar-refractivity contribution in [2.75, 3.05) is 11.1 Å². The van der Waals surface area contributed by atoms with Gasteiger partial charge in [0.1, 0.15) is 6.04 Å². The molecule has 0 saturated carbocycles. The lowest BCUT2D eigenvalue weighted by Gasteiger charge is -2.18. The molecule has 2 N–H and O–H groups in total. The second-order valence-corrected chi connectivity index (χ2v) is 5.99. The minimum atomic E-state index is -1.01. The number of aliphatic carboxylic acids is 1. The molecule has 0 aliphatic rings. The molecule has 0 amide bonds. The first-order valence-electron chi connectivity index (χ1n) is 7.83. The molecular formula is C20H17NO3S. The van der Waals surface area contributed by atoms with Gasteiger partial charge in [-0.15, -0.1) is 0 Å². The second kappa shape index (κ2) is 7.40. The molecule has 1 unspecified atom stereocenters. The third-order valence-electron chi connectivity index (χ3n) is 4.01. The number of rotatable bonds is 6. The molecule has 25 heavy (non-hydrogen) atoms. The van der Waals surface area contributed by atoms with Crippen LogP contribution < -0.4 is 5.32 Å². The lowest BCUT2D eigenvalue weighted by molar-refractivity contribution is -0.137. The Morgan fingerprint density at radius 3 is 2.32 bits per heavy atom. The standard InChI is InChI=1S/C20H17NO3S/c22-19(14-7-2-1-3-8-14)16-11-10-13-6-4-5-9-15(13)18(16)21-17(12-25)20(23)24/h1-11,17,21,25H,12H2,(H,23,24). The number of thiol groups is 1. The molecule has 0 aliphatic heterocycles. The van der Waals surface area contributed by atoms with E-state index in [9.17, 15) is 14.7 Å². The van der Waals surface area contributed by atoms with E-state index in [0.717, 1.165) is 10.8 Å². The van der Waals surface area contributed by atoms with Gasteiger partial charge in [-0.25, -0.2) is 4.79 Å².